The quantitative estimate of drug-likeness (QED) is 0.356. The number of nitrogens with one attached hydrogen (secondary N) is 4. The normalized spacial score (nSPS) is 19.4. The number of aromatic nitrogens is 2. The molecule has 3 heterocycles. The highest BCUT2D eigenvalue weighted by Gasteiger charge is 2.38. The van der Waals surface area contributed by atoms with Gasteiger partial charge in [0.2, 0.25) is 5.91 Å². The van der Waals surface area contributed by atoms with Crippen molar-refractivity contribution < 1.29 is 14.3 Å². The first kappa shape index (κ1) is 23.7. The summed E-state index contributed by atoms with van der Waals surface area (Å²) >= 11 is 2.26. The molecule has 0 unspecified atom stereocenters. The Balaban J connectivity index is 1.59. The van der Waals surface area contributed by atoms with Crippen molar-refractivity contribution in [1.29, 1.82) is 0 Å². The van der Waals surface area contributed by atoms with E-state index in [-0.39, 0.29) is 30.2 Å². The summed E-state index contributed by atoms with van der Waals surface area (Å²) in [5.41, 5.74) is 2.12. The summed E-state index contributed by atoms with van der Waals surface area (Å²) in [6.45, 7) is 7.31. The van der Waals surface area contributed by atoms with Gasteiger partial charge in [-0.15, -0.1) is 0 Å². The van der Waals surface area contributed by atoms with E-state index in [1.807, 2.05) is 32.9 Å². The number of H-pyrrole nitrogens is 1. The third-order valence-corrected chi connectivity index (χ3v) is 6.43. The van der Waals surface area contributed by atoms with Gasteiger partial charge in [0.25, 0.3) is 0 Å². The fraction of sp³-hybridized carbons (Fsp3) is 0.435. The second-order valence-corrected chi connectivity index (χ2v) is 10.3. The Labute approximate surface area is 206 Å². The highest BCUT2D eigenvalue weighted by atomic mass is 127. The van der Waals surface area contributed by atoms with Crippen LogP contribution in [0.25, 0.3) is 21.8 Å². The predicted octanol–water partition coefficient (Wildman–Crippen LogP) is 3.06. The summed E-state index contributed by atoms with van der Waals surface area (Å²) in [7, 11) is 1.58. The molecule has 10 heteroatoms. The summed E-state index contributed by atoms with van der Waals surface area (Å²) in [5.74, 6) is -0.141. The summed E-state index contributed by atoms with van der Waals surface area (Å²) in [6.07, 6.45) is 3.55. The molecule has 1 aliphatic heterocycles. The minimum Gasteiger partial charge on any atom is -0.372 e. The monoisotopic (exact) mass is 564 g/mol. The van der Waals surface area contributed by atoms with Crippen molar-refractivity contribution >= 4 is 62.0 Å². The second kappa shape index (κ2) is 9.43. The van der Waals surface area contributed by atoms with Gasteiger partial charge in [0.05, 0.1) is 35.1 Å². The molecule has 0 radical (unpaired) electrons. The van der Waals surface area contributed by atoms with Crippen LogP contribution in [-0.2, 0) is 9.53 Å². The van der Waals surface area contributed by atoms with Crippen LogP contribution in [0.4, 0.5) is 10.5 Å². The van der Waals surface area contributed by atoms with E-state index in [4.69, 9.17) is 4.74 Å². The van der Waals surface area contributed by atoms with Crippen LogP contribution in [0.1, 0.15) is 20.8 Å². The maximum Gasteiger partial charge on any atom is 0.314 e. The molecule has 4 rings (SSSR count). The van der Waals surface area contributed by atoms with Crippen molar-refractivity contribution in [2.75, 3.05) is 32.1 Å². The Morgan fingerprint density at radius 1 is 1.36 bits per heavy atom. The largest absolute Gasteiger partial charge is 0.372 e. The molecular formula is C23H29IN6O3. The molecule has 33 heavy (non-hydrogen) atoms. The number of morpholine rings is 1. The van der Waals surface area contributed by atoms with Gasteiger partial charge in [-0.1, -0.05) is 0 Å². The summed E-state index contributed by atoms with van der Waals surface area (Å²) in [5, 5.41) is 10.7. The standard InChI is InChI=1S/C23H29IN6O3/c1-13(27-22(32)25-4)10-30-12-23(2,3)33-11-19(30)21(31)29-17-8-14(24)7-16-15-5-6-26-9-18(15)28-20(16)17/h5-9,13,19,28H,10-12H2,1-4H3,(H,29,31)(H2,25,27,32)/t13-,19-/m0/s1. The highest BCUT2D eigenvalue weighted by molar-refractivity contribution is 14.1. The van der Waals surface area contributed by atoms with Gasteiger partial charge in [-0.25, -0.2) is 4.79 Å². The Hall–Kier alpha value is -2.44. The van der Waals surface area contributed by atoms with Crippen molar-refractivity contribution in [3.8, 4) is 0 Å². The summed E-state index contributed by atoms with van der Waals surface area (Å²) in [4.78, 5) is 34.8. The molecule has 176 valence electrons. The lowest BCUT2D eigenvalue weighted by Crippen LogP contribution is -2.60. The number of amides is 3. The van der Waals surface area contributed by atoms with Crippen LogP contribution in [0.5, 0.6) is 0 Å². The number of carbonyl (C=O) groups is 2. The topological polar surface area (TPSA) is 111 Å². The predicted molar refractivity (Wildman–Crippen MR) is 137 cm³/mol. The van der Waals surface area contributed by atoms with E-state index in [2.05, 4.69) is 59.5 Å². The molecule has 0 aliphatic carbocycles. The number of halogens is 1. The van der Waals surface area contributed by atoms with E-state index in [0.29, 0.717) is 13.1 Å². The van der Waals surface area contributed by atoms with Gasteiger partial charge in [-0.3, -0.25) is 14.7 Å². The van der Waals surface area contributed by atoms with Gasteiger partial charge in [-0.05, 0) is 61.6 Å². The van der Waals surface area contributed by atoms with E-state index in [1.54, 1.807) is 19.4 Å². The molecule has 0 spiro atoms. The number of hydrogen-bond acceptors (Lipinski definition) is 5. The van der Waals surface area contributed by atoms with Crippen LogP contribution < -0.4 is 16.0 Å². The van der Waals surface area contributed by atoms with Crippen molar-refractivity contribution in [3.05, 3.63) is 34.2 Å². The summed E-state index contributed by atoms with van der Waals surface area (Å²) in [6, 6.07) is 5.15. The Kier molecular flexibility index (Phi) is 6.78. The lowest BCUT2D eigenvalue weighted by atomic mass is 10.0. The number of rotatable bonds is 5. The maximum absolute atomic E-state index is 13.5. The van der Waals surface area contributed by atoms with E-state index >= 15 is 0 Å². The van der Waals surface area contributed by atoms with Gasteiger partial charge in [0, 0.05) is 46.7 Å². The second-order valence-electron chi connectivity index (χ2n) is 9.05. The average Bonchev–Trinajstić information content (AvgIpc) is 3.11. The number of aromatic amines is 1. The molecule has 1 saturated heterocycles. The number of hydrogen-bond donors (Lipinski definition) is 4. The van der Waals surface area contributed by atoms with Crippen LogP contribution in [-0.4, -0.2) is 71.2 Å². The first-order valence-corrected chi connectivity index (χ1v) is 12.0. The number of urea groups is 1. The molecule has 1 aliphatic rings. The minimum absolute atomic E-state index is 0.139. The molecule has 2 atom stereocenters. The first-order valence-electron chi connectivity index (χ1n) is 10.9. The van der Waals surface area contributed by atoms with Crippen LogP contribution in [0.3, 0.4) is 0 Å². The molecule has 0 bridgehead atoms. The van der Waals surface area contributed by atoms with Gasteiger partial charge in [0.15, 0.2) is 0 Å². The Morgan fingerprint density at radius 2 is 2.15 bits per heavy atom. The number of fused-ring (bicyclic) bond motifs is 3. The lowest BCUT2D eigenvalue weighted by molar-refractivity contribution is -0.143. The molecule has 0 saturated carbocycles. The van der Waals surface area contributed by atoms with Crippen LogP contribution >= 0.6 is 22.6 Å². The molecule has 3 aromatic rings. The number of nitrogens with zero attached hydrogens (tertiary/aromatic N) is 2. The SMILES string of the molecule is CNC(=O)N[C@@H](C)CN1CC(C)(C)OC[C@H]1C(=O)Nc1cc(I)cc2c1[nH]c1cnccc12. The molecule has 9 nitrogen and oxygen atoms in total. The van der Waals surface area contributed by atoms with Gasteiger partial charge in [-0.2, -0.15) is 0 Å². The van der Waals surface area contributed by atoms with Crippen molar-refractivity contribution in [3.63, 3.8) is 0 Å². The zero-order valence-electron chi connectivity index (χ0n) is 19.2. The van der Waals surface area contributed by atoms with Crippen LogP contribution in [0.15, 0.2) is 30.6 Å². The van der Waals surface area contributed by atoms with E-state index in [9.17, 15) is 9.59 Å². The molecular weight excluding hydrogens is 535 g/mol. The zero-order chi connectivity index (χ0) is 23.8. The van der Waals surface area contributed by atoms with Gasteiger partial charge >= 0.3 is 6.03 Å². The van der Waals surface area contributed by atoms with Gasteiger partial charge in [0.1, 0.15) is 6.04 Å². The molecule has 1 fully saturated rings. The number of benzene rings is 1. The minimum atomic E-state index is -0.481. The maximum atomic E-state index is 13.5. The van der Waals surface area contributed by atoms with E-state index in [1.165, 1.54) is 0 Å². The van der Waals surface area contributed by atoms with Gasteiger partial charge < -0.3 is 25.7 Å². The fourth-order valence-electron chi connectivity index (χ4n) is 4.31. The van der Waals surface area contributed by atoms with Crippen LogP contribution in [0.2, 0.25) is 0 Å². The van der Waals surface area contributed by atoms with E-state index < -0.39 is 6.04 Å². The lowest BCUT2D eigenvalue weighted by Gasteiger charge is -2.43. The van der Waals surface area contributed by atoms with Crippen LogP contribution in [0, 0.1) is 3.57 Å². The first-order chi connectivity index (χ1) is 15.7. The third kappa shape index (κ3) is 5.22. The van der Waals surface area contributed by atoms with Crippen molar-refractivity contribution in [1.82, 2.24) is 25.5 Å². The van der Waals surface area contributed by atoms with Crippen molar-refractivity contribution in [2.45, 2.75) is 38.5 Å². The Bertz CT molecular complexity index is 1190. The number of pyridine rings is 1. The fourth-order valence-corrected chi connectivity index (χ4v) is 4.94. The third-order valence-electron chi connectivity index (χ3n) is 5.80. The molecule has 1 aromatic carbocycles. The molecule has 2 aromatic heterocycles. The number of ether oxygens (including phenoxy) is 1. The number of carbonyl (C=O) groups excluding carboxylic acids is 2. The Morgan fingerprint density at radius 3 is 2.91 bits per heavy atom. The average molecular weight is 564 g/mol. The molecule has 3 amide bonds. The number of anilines is 1. The zero-order valence-corrected chi connectivity index (χ0v) is 21.3. The highest BCUT2D eigenvalue weighted by Crippen LogP contribution is 2.32. The summed E-state index contributed by atoms with van der Waals surface area (Å²) < 4.78 is 7.01. The smallest absolute Gasteiger partial charge is 0.314 e. The van der Waals surface area contributed by atoms with E-state index in [0.717, 1.165) is 31.1 Å². The van der Waals surface area contributed by atoms with Crippen molar-refractivity contribution in [2.24, 2.45) is 0 Å². The molecule has 4 N–H and O–H groups in total.